The van der Waals surface area contributed by atoms with Gasteiger partial charge in [0.15, 0.2) is 0 Å². The highest BCUT2D eigenvalue weighted by atomic mass is 15.1. The minimum absolute atomic E-state index is 0.964. The second kappa shape index (κ2) is 7.49. The first-order chi connectivity index (χ1) is 9.31. The van der Waals surface area contributed by atoms with Crippen LogP contribution in [0.2, 0.25) is 0 Å². The Morgan fingerprint density at radius 1 is 1.32 bits per heavy atom. The molecule has 1 heterocycles. The molecule has 0 saturated heterocycles. The van der Waals surface area contributed by atoms with E-state index in [1.165, 1.54) is 37.9 Å². The molecule has 1 aliphatic carbocycles. The van der Waals surface area contributed by atoms with Crippen LogP contribution < -0.4 is 5.32 Å². The maximum atomic E-state index is 4.37. The molecule has 1 N–H and O–H groups in total. The molecular formula is C16H27N3. The lowest BCUT2D eigenvalue weighted by Gasteiger charge is -2.21. The van der Waals surface area contributed by atoms with Gasteiger partial charge in [-0.15, -0.1) is 0 Å². The van der Waals surface area contributed by atoms with Crippen molar-refractivity contribution in [3.63, 3.8) is 0 Å². The van der Waals surface area contributed by atoms with Crippen molar-refractivity contribution in [2.75, 3.05) is 25.0 Å². The number of aromatic nitrogens is 1. The van der Waals surface area contributed by atoms with Gasteiger partial charge in [0, 0.05) is 25.8 Å². The van der Waals surface area contributed by atoms with E-state index in [2.05, 4.69) is 41.2 Å². The Morgan fingerprint density at radius 3 is 2.84 bits per heavy atom. The van der Waals surface area contributed by atoms with Crippen molar-refractivity contribution in [1.82, 2.24) is 9.88 Å². The maximum Gasteiger partial charge on any atom is 0.126 e. The number of rotatable bonds is 9. The van der Waals surface area contributed by atoms with Crippen molar-refractivity contribution >= 4 is 5.82 Å². The SMILES string of the molecule is CCCNc1cc(CN(CCC)CC2CC2)ccn1. The van der Waals surface area contributed by atoms with Crippen LogP contribution >= 0.6 is 0 Å². The highest BCUT2D eigenvalue weighted by Crippen LogP contribution is 2.30. The van der Waals surface area contributed by atoms with Crippen molar-refractivity contribution < 1.29 is 0 Å². The first-order valence-corrected chi connectivity index (χ1v) is 7.73. The molecule has 19 heavy (non-hydrogen) atoms. The van der Waals surface area contributed by atoms with Crippen LogP contribution in [0.25, 0.3) is 0 Å². The molecule has 106 valence electrons. The van der Waals surface area contributed by atoms with E-state index in [0.29, 0.717) is 0 Å². The van der Waals surface area contributed by atoms with Crippen LogP contribution in [-0.4, -0.2) is 29.5 Å². The van der Waals surface area contributed by atoms with E-state index >= 15 is 0 Å². The summed E-state index contributed by atoms with van der Waals surface area (Å²) in [5.41, 5.74) is 1.38. The Morgan fingerprint density at radius 2 is 2.16 bits per heavy atom. The molecule has 2 rings (SSSR count). The van der Waals surface area contributed by atoms with Crippen molar-refractivity contribution in [3.8, 4) is 0 Å². The fourth-order valence-electron chi connectivity index (χ4n) is 2.40. The monoisotopic (exact) mass is 261 g/mol. The van der Waals surface area contributed by atoms with Gasteiger partial charge >= 0.3 is 0 Å². The average molecular weight is 261 g/mol. The normalized spacial score (nSPS) is 14.9. The van der Waals surface area contributed by atoms with Crippen LogP contribution in [0.15, 0.2) is 18.3 Å². The van der Waals surface area contributed by atoms with E-state index in [9.17, 15) is 0 Å². The predicted molar refractivity (Wildman–Crippen MR) is 81.3 cm³/mol. The van der Waals surface area contributed by atoms with E-state index in [1.54, 1.807) is 0 Å². The predicted octanol–water partition coefficient (Wildman–Crippen LogP) is 3.53. The van der Waals surface area contributed by atoms with Crippen LogP contribution in [0.5, 0.6) is 0 Å². The van der Waals surface area contributed by atoms with Gasteiger partial charge < -0.3 is 5.32 Å². The summed E-state index contributed by atoms with van der Waals surface area (Å²) in [6.45, 7) is 8.98. The zero-order chi connectivity index (χ0) is 13.5. The molecule has 3 heteroatoms. The summed E-state index contributed by atoms with van der Waals surface area (Å²) in [4.78, 5) is 6.97. The second-order valence-corrected chi connectivity index (χ2v) is 5.65. The van der Waals surface area contributed by atoms with Gasteiger partial charge in [0.25, 0.3) is 0 Å². The third-order valence-corrected chi connectivity index (χ3v) is 3.54. The van der Waals surface area contributed by atoms with Gasteiger partial charge in [-0.2, -0.15) is 0 Å². The Kier molecular flexibility index (Phi) is 5.64. The van der Waals surface area contributed by atoms with Crippen LogP contribution in [0.1, 0.15) is 45.1 Å². The van der Waals surface area contributed by atoms with Crippen LogP contribution in [0.4, 0.5) is 5.82 Å². The third-order valence-electron chi connectivity index (χ3n) is 3.54. The molecule has 0 atom stereocenters. The molecule has 0 amide bonds. The highest BCUT2D eigenvalue weighted by molar-refractivity contribution is 5.37. The summed E-state index contributed by atoms with van der Waals surface area (Å²) in [6, 6.07) is 4.35. The Labute approximate surface area is 117 Å². The molecule has 0 bridgehead atoms. The third kappa shape index (κ3) is 5.19. The molecule has 1 aromatic heterocycles. The van der Waals surface area contributed by atoms with Gasteiger partial charge in [0.05, 0.1) is 0 Å². The van der Waals surface area contributed by atoms with Gasteiger partial charge in [-0.3, -0.25) is 4.90 Å². The number of hydrogen-bond donors (Lipinski definition) is 1. The second-order valence-electron chi connectivity index (χ2n) is 5.65. The molecule has 3 nitrogen and oxygen atoms in total. The fourth-order valence-corrected chi connectivity index (χ4v) is 2.40. The molecule has 1 fully saturated rings. The Hall–Kier alpha value is -1.09. The molecule has 0 unspecified atom stereocenters. The Bertz CT molecular complexity index is 374. The first-order valence-electron chi connectivity index (χ1n) is 7.73. The largest absolute Gasteiger partial charge is 0.370 e. The zero-order valence-electron chi connectivity index (χ0n) is 12.4. The molecule has 0 radical (unpaired) electrons. The number of nitrogens with one attached hydrogen (secondary N) is 1. The van der Waals surface area contributed by atoms with Gasteiger partial charge in [-0.05, 0) is 55.8 Å². The lowest BCUT2D eigenvalue weighted by molar-refractivity contribution is 0.255. The number of nitrogens with zero attached hydrogens (tertiary/aromatic N) is 2. The lowest BCUT2D eigenvalue weighted by Crippen LogP contribution is -2.26. The van der Waals surface area contributed by atoms with E-state index in [4.69, 9.17) is 0 Å². The fraction of sp³-hybridized carbons (Fsp3) is 0.688. The average Bonchev–Trinajstić information content (AvgIpc) is 3.21. The number of pyridine rings is 1. The molecule has 0 spiro atoms. The van der Waals surface area contributed by atoms with Gasteiger partial charge in [0.1, 0.15) is 5.82 Å². The van der Waals surface area contributed by atoms with Crippen molar-refractivity contribution in [2.45, 2.75) is 46.1 Å². The topological polar surface area (TPSA) is 28.2 Å². The molecular weight excluding hydrogens is 234 g/mol. The van der Waals surface area contributed by atoms with Crippen LogP contribution in [0.3, 0.4) is 0 Å². The quantitative estimate of drug-likeness (QED) is 0.737. The summed E-state index contributed by atoms with van der Waals surface area (Å²) in [5.74, 6) is 1.98. The molecule has 0 aliphatic heterocycles. The first kappa shape index (κ1) is 14.3. The van der Waals surface area contributed by atoms with Crippen LogP contribution in [-0.2, 0) is 6.54 Å². The highest BCUT2D eigenvalue weighted by Gasteiger charge is 2.23. The van der Waals surface area contributed by atoms with E-state index < -0.39 is 0 Å². The number of anilines is 1. The minimum Gasteiger partial charge on any atom is -0.370 e. The van der Waals surface area contributed by atoms with Gasteiger partial charge in [-0.25, -0.2) is 4.98 Å². The summed E-state index contributed by atoms with van der Waals surface area (Å²) >= 11 is 0. The summed E-state index contributed by atoms with van der Waals surface area (Å²) < 4.78 is 0. The van der Waals surface area contributed by atoms with E-state index in [0.717, 1.165) is 31.2 Å². The number of hydrogen-bond acceptors (Lipinski definition) is 3. The van der Waals surface area contributed by atoms with E-state index in [1.807, 2.05) is 6.20 Å². The summed E-state index contributed by atoms with van der Waals surface area (Å²) in [6.07, 6.45) is 7.16. The molecule has 0 aromatic carbocycles. The lowest BCUT2D eigenvalue weighted by atomic mass is 10.2. The van der Waals surface area contributed by atoms with Crippen molar-refractivity contribution in [3.05, 3.63) is 23.9 Å². The molecule has 1 saturated carbocycles. The standard InChI is InChI=1S/C16H27N3/c1-3-8-17-16-11-15(7-9-18-16)13-19(10-4-2)12-14-5-6-14/h7,9,11,14H,3-6,8,10,12-13H2,1-2H3,(H,17,18). The smallest absolute Gasteiger partial charge is 0.126 e. The van der Waals surface area contributed by atoms with Crippen molar-refractivity contribution in [2.24, 2.45) is 5.92 Å². The van der Waals surface area contributed by atoms with Crippen molar-refractivity contribution in [1.29, 1.82) is 0 Å². The summed E-state index contributed by atoms with van der Waals surface area (Å²) in [7, 11) is 0. The molecule has 1 aromatic rings. The zero-order valence-corrected chi connectivity index (χ0v) is 12.4. The van der Waals surface area contributed by atoms with E-state index in [-0.39, 0.29) is 0 Å². The summed E-state index contributed by atoms with van der Waals surface area (Å²) in [5, 5.41) is 3.36. The van der Waals surface area contributed by atoms with Crippen LogP contribution in [0, 0.1) is 5.92 Å². The maximum absolute atomic E-state index is 4.37. The minimum atomic E-state index is 0.964. The Balaban J connectivity index is 1.90. The van der Waals surface area contributed by atoms with Gasteiger partial charge in [-0.1, -0.05) is 13.8 Å². The van der Waals surface area contributed by atoms with Gasteiger partial charge in [0.2, 0.25) is 0 Å². The molecule has 1 aliphatic rings.